The van der Waals surface area contributed by atoms with Gasteiger partial charge in [-0.05, 0) is 58.5 Å². The van der Waals surface area contributed by atoms with Crippen molar-refractivity contribution in [1.82, 2.24) is 0 Å². The third-order valence-corrected chi connectivity index (χ3v) is 4.24. The predicted molar refractivity (Wildman–Crippen MR) is 86.3 cm³/mol. The summed E-state index contributed by atoms with van der Waals surface area (Å²) in [5, 5.41) is 6.09. The van der Waals surface area contributed by atoms with Crippen LogP contribution < -0.4 is 5.32 Å². The van der Waals surface area contributed by atoms with Crippen molar-refractivity contribution in [1.29, 1.82) is 0 Å². The van der Waals surface area contributed by atoms with Gasteiger partial charge in [0.2, 0.25) is 0 Å². The lowest BCUT2D eigenvalue weighted by atomic mass is 9.93. The van der Waals surface area contributed by atoms with E-state index in [9.17, 15) is 0 Å². The van der Waals surface area contributed by atoms with Crippen LogP contribution in [0.25, 0.3) is 21.9 Å². The maximum Gasteiger partial charge on any atom is 0.0373 e. The number of aryl methyl sites for hydroxylation is 1. The molecule has 0 aliphatic carbocycles. The van der Waals surface area contributed by atoms with Crippen LogP contribution in [0.4, 0.5) is 5.69 Å². The van der Waals surface area contributed by atoms with Crippen molar-refractivity contribution in [3.8, 4) is 11.1 Å². The Bertz CT molecular complexity index is 802. The third kappa shape index (κ3) is 1.70. The van der Waals surface area contributed by atoms with E-state index in [1.165, 1.54) is 38.7 Å². The lowest BCUT2D eigenvalue weighted by Gasteiger charge is -2.12. The molecule has 0 spiro atoms. The normalized spacial score (nSPS) is 13.2. The van der Waals surface area contributed by atoms with Crippen LogP contribution in [0.2, 0.25) is 0 Å². The Morgan fingerprint density at radius 2 is 1.85 bits per heavy atom. The van der Waals surface area contributed by atoms with Crippen molar-refractivity contribution in [2.75, 3.05) is 11.9 Å². The van der Waals surface area contributed by atoms with E-state index in [1.807, 2.05) is 0 Å². The summed E-state index contributed by atoms with van der Waals surface area (Å²) in [5.74, 6) is 0. The Kier molecular flexibility index (Phi) is 2.53. The second-order valence-electron chi connectivity index (χ2n) is 5.53. The standard InChI is InChI=1S/C19H17N/c1-13-6-7-14-4-2-3-5-17(14)19(13)16-8-9-18-15(12-16)10-11-20-18/h2-9,12,20H,10-11H2,1H3. The number of hydrogen-bond acceptors (Lipinski definition) is 1. The molecule has 4 rings (SSSR count). The average molecular weight is 259 g/mol. The molecule has 1 aliphatic rings. The molecule has 0 bridgehead atoms. The summed E-state index contributed by atoms with van der Waals surface area (Å²) in [7, 11) is 0. The molecular weight excluding hydrogens is 242 g/mol. The molecule has 0 saturated carbocycles. The van der Waals surface area contributed by atoms with Crippen LogP contribution in [-0.2, 0) is 6.42 Å². The smallest absolute Gasteiger partial charge is 0.0373 e. The highest BCUT2D eigenvalue weighted by Gasteiger charge is 2.13. The molecular formula is C19H17N. The van der Waals surface area contributed by atoms with Crippen LogP contribution in [0, 0.1) is 6.92 Å². The van der Waals surface area contributed by atoms with Crippen LogP contribution in [0.15, 0.2) is 54.6 Å². The number of anilines is 1. The summed E-state index contributed by atoms with van der Waals surface area (Å²) in [6.45, 7) is 3.26. The van der Waals surface area contributed by atoms with Gasteiger partial charge in [0.15, 0.2) is 0 Å². The Balaban J connectivity index is 2.00. The van der Waals surface area contributed by atoms with Crippen molar-refractivity contribution in [3.63, 3.8) is 0 Å². The fourth-order valence-corrected chi connectivity index (χ4v) is 3.22. The molecule has 0 atom stereocenters. The monoisotopic (exact) mass is 259 g/mol. The van der Waals surface area contributed by atoms with Gasteiger partial charge in [-0.1, -0.05) is 42.5 Å². The number of hydrogen-bond donors (Lipinski definition) is 1. The zero-order chi connectivity index (χ0) is 13.5. The predicted octanol–water partition coefficient (Wildman–Crippen LogP) is 4.78. The van der Waals surface area contributed by atoms with Gasteiger partial charge in [0, 0.05) is 12.2 Å². The Hall–Kier alpha value is -2.28. The van der Waals surface area contributed by atoms with Crippen LogP contribution in [0.3, 0.4) is 0 Å². The van der Waals surface area contributed by atoms with E-state index >= 15 is 0 Å². The maximum absolute atomic E-state index is 3.43. The molecule has 3 aromatic carbocycles. The second kappa shape index (κ2) is 4.38. The van der Waals surface area contributed by atoms with E-state index in [-0.39, 0.29) is 0 Å². The van der Waals surface area contributed by atoms with Crippen molar-refractivity contribution in [2.45, 2.75) is 13.3 Å². The largest absolute Gasteiger partial charge is 0.384 e. The highest BCUT2D eigenvalue weighted by atomic mass is 14.9. The number of nitrogens with one attached hydrogen (secondary N) is 1. The molecule has 0 fully saturated rings. The zero-order valence-corrected chi connectivity index (χ0v) is 11.6. The van der Waals surface area contributed by atoms with Crippen LogP contribution in [0.1, 0.15) is 11.1 Å². The second-order valence-corrected chi connectivity index (χ2v) is 5.53. The molecule has 98 valence electrons. The maximum atomic E-state index is 3.43. The first-order chi connectivity index (χ1) is 9.83. The van der Waals surface area contributed by atoms with E-state index in [4.69, 9.17) is 0 Å². The van der Waals surface area contributed by atoms with Gasteiger partial charge in [0.1, 0.15) is 0 Å². The average Bonchev–Trinajstić information content (AvgIpc) is 2.94. The van der Waals surface area contributed by atoms with Crippen LogP contribution >= 0.6 is 0 Å². The van der Waals surface area contributed by atoms with Gasteiger partial charge >= 0.3 is 0 Å². The van der Waals surface area contributed by atoms with Gasteiger partial charge < -0.3 is 5.32 Å². The van der Waals surface area contributed by atoms with Crippen molar-refractivity contribution in [3.05, 3.63) is 65.7 Å². The SMILES string of the molecule is Cc1ccc2ccccc2c1-c1ccc2c(c1)CCN2. The van der Waals surface area contributed by atoms with Crippen LogP contribution in [-0.4, -0.2) is 6.54 Å². The highest BCUT2D eigenvalue weighted by molar-refractivity contribution is 5.98. The van der Waals surface area contributed by atoms with Crippen molar-refractivity contribution in [2.24, 2.45) is 0 Å². The molecule has 0 radical (unpaired) electrons. The molecule has 3 aromatic rings. The molecule has 0 amide bonds. The van der Waals surface area contributed by atoms with Gasteiger partial charge in [-0.3, -0.25) is 0 Å². The summed E-state index contributed by atoms with van der Waals surface area (Å²) in [4.78, 5) is 0. The molecule has 1 heterocycles. The van der Waals surface area contributed by atoms with Crippen LogP contribution in [0.5, 0.6) is 0 Å². The molecule has 0 saturated heterocycles. The fraction of sp³-hybridized carbons (Fsp3) is 0.158. The lowest BCUT2D eigenvalue weighted by molar-refractivity contribution is 1.11. The molecule has 1 aliphatic heterocycles. The van der Waals surface area contributed by atoms with E-state index in [2.05, 4.69) is 66.8 Å². The first-order valence-corrected chi connectivity index (χ1v) is 7.18. The minimum Gasteiger partial charge on any atom is -0.384 e. The quantitative estimate of drug-likeness (QED) is 0.663. The minimum absolute atomic E-state index is 1.06. The molecule has 20 heavy (non-hydrogen) atoms. The number of fused-ring (bicyclic) bond motifs is 2. The Morgan fingerprint density at radius 3 is 2.80 bits per heavy atom. The van der Waals surface area contributed by atoms with Crippen molar-refractivity contribution >= 4 is 16.5 Å². The summed E-state index contributed by atoms with van der Waals surface area (Å²) < 4.78 is 0. The highest BCUT2D eigenvalue weighted by Crippen LogP contribution is 2.35. The van der Waals surface area contributed by atoms with Gasteiger partial charge in [-0.25, -0.2) is 0 Å². The fourth-order valence-electron chi connectivity index (χ4n) is 3.22. The summed E-state index contributed by atoms with van der Waals surface area (Å²) in [6.07, 6.45) is 1.13. The minimum atomic E-state index is 1.06. The van der Waals surface area contributed by atoms with Gasteiger partial charge in [-0.15, -0.1) is 0 Å². The Morgan fingerprint density at radius 1 is 0.950 bits per heavy atom. The topological polar surface area (TPSA) is 12.0 Å². The lowest BCUT2D eigenvalue weighted by Crippen LogP contribution is -1.90. The molecule has 1 nitrogen and oxygen atoms in total. The van der Waals surface area contributed by atoms with Gasteiger partial charge in [0.05, 0.1) is 0 Å². The molecule has 1 heteroatoms. The molecule has 1 N–H and O–H groups in total. The summed E-state index contributed by atoms with van der Waals surface area (Å²) in [5.41, 5.74) is 6.79. The first kappa shape index (κ1) is 11.5. The molecule has 0 unspecified atom stereocenters. The van der Waals surface area contributed by atoms with E-state index in [1.54, 1.807) is 0 Å². The third-order valence-electron chi connectivity index (χ3n) is 4.24. The van der Waals surface area contributed by atoms with Crippen molar-refractivity contribution < 1.29 is 0 Å². The van der Waals surface area contributed by atoms with E-state index < -0.39 is 0 Å². The van der Waals surface area contributed by atoms with E-state index in [0.717, 1.165) is 13.0 Å². The number of rotatable bonds is 1. The van der Waals surface area contributed by atoms with Gasteiger partial charge in [-0.2, -0.15) is 0 Å². The Labute approximate surface area is 119 Å². The summed E-state index contributed by atoms with van der Waals surface area (Å²) in [6, 6.07) is 19.9. The van der Waals surface area contributed by atoms with Gasteiger partial charge in [0.25, 0.3) is 0 Å². The zero-order valence-electron chi connectivity index (χ0n) is 11.6. The molecule has 0 aromatic heterocycles. The van der Waals surface area contributed by atoms with E-state index in [0.29, 0.717) is 0 Å². The summed E-state index contributed by atoms with van der Waals surface area (Å²) >= 11 is 0. The first-order valence-electron chi connectivity index (χ1n) is 7.18. The number of benzene rings is 3.